The molecule has 0 amide bonds. The largest absolute Gasteiger partial charge is 0.480 e. The minimum Gasteiger partial charge on any atom is -0.480 e. The second-order valence-corrected chi connectivity index (χ2v) is 6.75. The van der Waals surface area contributed by atoms with E-state index in [9.17, 15) is 13.2 Å². The third-order valence-corrected chi connectivity index (χ3v) is 5.65. The van der Waals surface area contributed by atoms with Crippen molar-refractivity contribution in [3.8, 4) is 0 Å². The highest BCUT2D eigenvalue weighted by atomic mass is 32.2. The molecule has 0 spiro atoms. The van der Waals surface area contributed by atoms with Crippen LogP contribution in [0.15, 0.2) is 0 Å². The van der Waals surface area contributed by atoms with Crippen molar-refractivity contribution in [2.45, 2.75) is 57.2 Å². The highest BCUT2D eigenvalue weighted by Crippen LogP contribution is 2.24. The van der Waals surface area contributed by atoms with Crippen molar-refractivity contribution in [2.75, 3.05) is 6.54 Å². The topological polar surface area (TPSA) is 74.7 Å². The zero-order chi connectivity index (χ0) is 13.1. The molecular formula is C11H21NO4S. The Balaban J connectivity index is 2.97. The second-order valence-electron chi connectivity index (χ2n) is 4.55. The van der Waals surface area contributed by atoms with Crippen LogP contribution in [0.5, 0.6) is 0 Å². The first-order valence-electron chi connectivity index (χ1n) is 6.14. The lowest BCUT2D eigenvalue weighted by Crippen LogP contribution is -2.46. The average molecular weight is 263 g/mol. The Morgan fingerprint density at radius 1 is 1.41 bits per heavy atom. The summed E-state index contributed by atoms with van der Waals surface area (Å²) < 4.78 is 25.8. The summed E-state index contributed by atoms with van der Waals surface area (Å²) in [5.74, 6) is -1.27. The van der Waals surface area contributed by atoms with E-state index in [-0.39, 0.29) is 6.04 Å². The summed E-state index contributed by atoms with van der Waals surface area (Å²) in [5.41, 5.74) is 0. The molecule has 2 atom stereocenters. The molecular weight excluding hydrogens is 242 g/mol. The first kappa shape index (κ1) is 14.4. The lowest BCUT2D eigenvalue weighted by atomic mass is 10.1. The Morgan fingerprint density at radius 2 is 2.06 bits per heavy atom. The second kappa shape index (κ2) is 5.82. The summed E-state index contributed by atoms with van der Waals surface area (Å²) >= 11 is 0. The highest BCUT2D eigenvalue weighted by molar-refractivity contribution is 7.90. The molecule has 1 saturated heterocycles. The number of carboxylic acids is 1. The maximum atomic E-state index is 12.2. The van der Waals surface area contributed by atoms with Gasteiger partial charge in [-0.3, -0.25) is 4.79 Å². The van der Waals surface area contributed by atoms with Gasteiger partial charge < -0.3 is 5.11 Å². The standard InChI is InChI=1S/C11H21NO4S/c1-3-10-7-5-4-6-8-12(10)17(15,16)9(2)11(13)14/h9-10H,3-8H2,1-2H3,(H,13,14). The smallest absolute Gasteiger partial charge is 0.323 e. The van der Waals surface area contributed by atoms with Crippen molar-refractivity contribution in [1.82, 2.24) is 4.31 Å². The van der Waals surface area contributed by atoms with Crippen LogP contribution in [0, 0.1) is 0 Å². The van der Waals surface area contributed by atoms with Crippen LogP contribution in [0.3, 0.4) is 0 Å². The van der Waals surface area contributed by atoms with Gasteiger partial charge in [0.05, 0.1) is 0 Å². The van der Waals surface area contributed by atoms with E-state index >= 15 is 0 Å². The van der Waals surface area contributed by atoms with Crippen LogP contribution in [0.1, 0.15) is 46.0 Å². The molecule has 1 heterocycles. The number of carbonyl (C=O) groups is 1. The fourth-order valence-electron chi connectivity index (χ4n) is 2.22. The van der Waals surface area contributed by atoms with E-state index in [1.54, 1.807) is 0 Å². The van der Waals surface area contributed by atoms with Crippen molar-refractivity contribution in [3.63, 3.8) is 0 Å². The molecule has 0 aromatic heterocycles. The molecule has 0 radical (unpaired) electrons. The predicted molar refractivity (Wildman–Crippen MR) is 65.3 cm³/mol. The molecule has 0 aromatic rings. The van der Waals surface area contributed by atoms with E-state index in [0.717, 1.165) is 32.1 Å². The number of carboxylic acid groups (broad SMARTS) is 1. The zero-order valence-corrected chi connectivity index (χ0v) is 11.2. The quantitative estimate of drug-likeness (QED) is 0.833. The molecule has 1 aliphatic heterocycles. The van der Waals surface area contributed by atoms with Gasteiger partial charge in [-0.15, -0.1) is 0 Å². The van der Waals surface area contributed by atoms with Crippen molar-refractivity contribution >= 4 is 16.0 Å². The Hall–Kier alpha value is -0.620. The molecule has 1 rings (SSSR count). The van der Waals surface area contributed by atoms with Crippen molar-refractivity contribution in [3.05, 3.63) is 0 Å². The van der Waals surface area contributed by atoms with E-state index in [2.05, 4.69) is 0 Å². The summed E-state index contributed by atoms with van der Waals surface area (Å²) in [6.07, 6.45) is 4.44. The van der Waals surface area contributed by atoms with E-state index in [0.29, 0.717) is 6.54 Å². The average Bonchev–Trinajstić information content (AvgIpc) is 2.52. The molecule has 0 aromatic carbocycles. The first-order valence-corrected chi connectivity index (χ1v) is 7.65. The van der Waals surface area contributed by atoms with Gasteiger partial charge in [0.15, 0.2) is 5.25 Å². The fraction of sp³-hybridized carbons (Fsp3) is 0.909. The molecule has 17 heavy (non-hydrogen) atoms. The van der Waals surface area contributed by atoms with E-state index in [1.807, 2.05) is 6.92 Å². The maximum Gasteiger partial charge on any atom is 0.323 e. The van der Waals surface area contributed by atoms with Crippen LogP contribution < -0.4 is 0 Å². The Morgan fingerprint density at radius 3 is 2.59 bits per heavy atom. The normalized spacial score (nSPS) is 25.2. The first-order chi connectivity index (χ1) is 7.91. The number of hydrogen-bond donors (Lipinski definition) is 1. The van der Waals surface area contributed by atoms with Gasteiger partial charge in [0, 0.05) is 12.6 Å². The minimum atomic E-state index is -3.71. The molecule has 100 valence electrons. The van der Waals surface area contributed by atoms with E-state index in [4.69, 9.17) is 5.11 Å². The fourth-order valence-corrected chi connectivity index (χ4v) is 3.94. The van der Waals surface area contributed by atoms with Gasteiger partial charge in [-0.1, -0.05) is 19.8 Å². The molecule has 1 N–H and O–H groups in total. The highest BCUT2D eigenvalue weighted by Gasteiger charge is 2.37. The van der Waals surface area contributed by atoms with Gasteiger partial charge in [0.2, 0.25) is 10.0 Å². The minimum absolute atomic E-state index is 0.0377. The van der Waals surface area contributed by atoms with Crippen LogP contribution in [0.2, 0.25) is 0 Å². The number of aliphatic carboxylic acids is 1. The van der Waals surface area contributed by atoms with Crippen LogP contribution in [-0.2, 0) is 14.8 Å². The van der Waals surface area contributed by atoms with Gasteiger partial charge in [0.1, 0.15) is 0 Å². The molecule has 0 saturated carbocycles. The van der Waals surface area contributed by atoms with Gasteiger partial charge in [-0.2, -0.15) is 4.31 Å². The Labute approximate surface area is 103 Å². The molecule has 5 nitrogen and oxygen atoms in total. The van der Waals surface area contributed by atoms with Crippen LogP contribution in [0.4, 0.5) is 0 Å². The Bertz CT molecular complexity index is 366. The van der Waals surface area contributed by atoms with Crippen LogP contribution in [0.25, 0.3) is 0 Å². The molecule has 0 aliphatic carbocycles. The lowest BCUT2D eigenvalue weighted by Gasteiger charge is -2.29. The summed E-state index contributed by atoms with van der Waals surface area (Å²) in [4.78, 5) is 10.9. The summed E-state index contributed by atoms with van der Waals surface area (Å²) in [6, 6.07) is -0.0377. The monoisotopic (exact) mass is 263 g/mol. The van der Waals surface area contributed by atoms with Crippen molar-refractivity contribution in [1.29, 1.82) is 0 Å². The van der Waals surface area contributed by atoms with Gasteiger partial charge in [-0.05, 0) is 26.2 Å². The number of sulfonamides is 1. The summed E-state index contributed by atoms with van der Waals surface area (Å²) in [7, 11) is -3.71. The van der Waals surface area contributed by atoms with E-state index < -0.39 is 21.2 Å². The van der Waals surface area contributed by atoms with Crippen LogP contribution in [-0.4, -0.2) is 41.6 Å². The van der Waals surface area contributed by atoms with Gasteiger partial charge in [-0.25, -0.2) is 8.42 Å². The van der Waals surface area contributed by atoms with E-state index in [1.165, 1.54) is 11.2 Å². The molecule has 0 bridgehead atoms. The van der Waals surface area contributed by atoms with Gasteiger partial charge >= 0.3 is 5.97 Å². The maximum absolute atomic E-state index is 12.2. The molecule has 2 unspecified atom stereocenters. The number of nitrogens with zero attached hydrogens (tertiary/aromatic N) is 1. The SMILES string of the molecule is CCC1CCCCCN1S(=O)(=O)C(C)C(=O)O. The summed E-state index contributed by atoms with van der Waals surface area (Å²) in [5, 5.41) is 7.52. The molecule has 6 heteroatoms. The lowest BCUT2D eigenvalue weighted by molar-refractivity contribution is -0.136. The predicted octanol–water partition coefficient (Wildman–Crippen LogP) is 1.44. The Kier molecular flexibility index (Phi) is 4.94. The third-order valence-electron chi connectivity index (χ3n) is 3.42. The van der Waals surface area contributed by atoms with Crippen molar-refractivity contribution < 1.29 is 18.3 Å². The number of hydrogen-bond acceptors (Lipinski definition) is 3. The van der Waals surface area contributed by atoms with Crippen LogP contribution >= 0.6 is 0 Å². The zero-order valence-electron chi connectivity index (χ0n) is 10.4. The summed E-state index contributed by atoms with van der Waals surface area (Å²) in [6.45, 7) is 3.65. The van der Waals surface area contributed by atoms with Crippen molar-refractivity contribution in [2.24, 2.45) is 0 Å². The van der Waals surface area contributed by atoms with Gasteiger partial charge in [0.25, 0.3) is 0 Å². The third kappa shape index (κ3) is 3.19. The number of rotatable bonds is 4. The molecule has 1 aliphatic rings. The molecule has 1 fully saturated rings.